The number of carbonyl (C=O) groups excluding carboxylic acids is 1. The van der Waals surface area contributed by atoms with Gasteiger partial charge in [-0.1, -0.05) is 23.3 Å². The van der Waals surface area contributed by atoms with Crippen LogP contribution in [0.5, 0.6) is 0 Å². The summed E-state index contributed by atoms with van der Waals surface area (Å²) in [5.41, 5.74) is 7.47. The van der Waals surface area contributed by atoms with Crippen molar-refractivity contribution in [2.24, 2.45) is 0 Å². The van der Waals surface area contributed by atoms with Crippen molar-refractivity contribution in [1.29, 1.82) is 0 Å². The topological polar surface area (TPSA) is 91.3 Å². The van der Waals surface area contributed by atoms with Crippen LogP contribution in [0.1, 0.15) is 56.9 Å². The summed E-state index contributed by atoms with van der Waals surface area (Å²) in [7, 11) is 0. The van der Waals surface area contributed by atoms with Crippen molar-refractivity contribution in [2.75, 3.05) is 19.6 Å². The Hall–Kier alpha value is -3.61. The minimum atomic E-state index is -0.669. The first-order valence-corrected chi connectivity index (χ1v) is 12.6. The van der Waals surface area contributed by atoms with Crippen molar-refractivity contribution < 1.29 is 9.72 Å². The zero-order chi connectivity index (χ0) is 26.6. The van der Waals surface area contributed by atoms with Gasteiger partial charge in [-0.25, -0.2) is 0 Å². The second-order valence-electron chi connectivity index (χ2n) is 9.99. The summed E-state index contributed by atoms with van der Waals surface area (Å²) in [6, 6.07) is 12.7. The van der Waals surface area contributed by atoms with E-state index in [1.165, 1.54) is 11.1 Å². The molecular formula is C29H38N4O3. The number of benzene rings is 2. The number of likely N-dealkylation sites (N-methyl/N-ethyl adjacent to an activating group) is 1. The van der Waals surface area contributed by atoms with Crippen LogP contribution in [0, 0.1) is 24.0 Å². The average molecular weight is 491 g/mol. The summed E-state index contributed by atoms with van der Waals surface area (Å²) < 4.78 is 0. The van der Waals surface area contributed by atoms with E-state index in [4.69, 9.17) is 0 Å². The van der Waals surface area contributed by atoms with E-state index in [0.717, 1.165) is 39.5 Å². The molecule has 0 saturated heterocycles. The molecule has 0 radical (unpaired) electrons. The molecule has 1 aromatic heterocycles. The van der Waals surface area contributed by atoms with Gasteiger partial charge in [0.15, 0.2) is 0 Å². The van der Waals surface area contributed by atoms with Gasteiger partial charge in [0.2, 0.25) is 5.91 Å². The van der Waals surface area contributed by atoms with Gasteiger partial charge in [0.25, 0.3) is 6.20 Å². The van der Waals surface area contributed by atoms with Gasteiger partial charge in [0.05, 0.1) is 16.0 Å². The van der Waals surface area contributed by atoms with Crippen molar-refractivity contribution in [1.82, 2.24) is 15.2 Å². The lowest BCUT2D eigenvalue weighted by Gasteiger charge is -2.31. The highest BCUT2D eigenvalue weighted by molar-refractivity contribution is 5.94. The highest BCUT2D eigenvalue weighted by Crippen LogP contribution is 2.35. The predicted molar refractivity (Wildman–Crippen MR) is 147 cm³/mol. The molecule has 1 heterocycles. The molecule has 0 aliphatic rings. The molecule has 3 rings (SSSR count). The van der Waals surface area contributed by atoms with Gasteiger partial charge in [-0.05, 0) is 95.8 Å². The number of hydrogen-bond acceptors (Lipinski definition) is 4. The highest BCUT2D eigenvalue weighted by atomic mass is 16.6. The predicted octanol–water partition coefficient (Wildman–Crippen LogP) is 5.87. The van der Waals surface area contributed by atoms with E-state index in [0.29, 0.717) is 31.8 Å². The zero-order valence-corrected chi connectivity index (χ0v) is 22.5. The highest BCUT2D eigenvalue weighted by Gasteiger charge is 2.33. The van der Waals surface area contributed by atoms with Crippen LogP contribution in [0.3, 0.4) is 0 Å². The van der Waals surface area contributed by atoms with Crippen LogP contribution in [0.25, 0.3) is 22.2 Å². The maximum atomic E-state index is 13.3. The lowest BCUT2D eigenvalue weighted by molar-refractivity contribution is -0.403. The number of nitrogens with one attached hydrogen (secondary N) is 2. The van der Waals surface area contributed by atoms with E-state index >= 15 is 0 Å². The van der Waals surface area contributed by atoms with Crippen LogP contribution < -0.4 is 5.32 Å². The van der Waals surface area contributed by atoms with Gasteiger partial charge in [0.1, 0.15) is 0 Å². The zero-order valence-electron chi connectivity index (χ0n) is 22.5. The molecule has 0 bridgehead atoms. The number of rotatable bonds is 10. The molecule has 2 aromatic carbocycles. The number of allylic oxidation sites excluding steroid dienone is 1. The Kier molecular flexibility index (Phi) is 8.23. The Morgan fingerprint density at radius 3 is 2.33 bits per heavy atom. The third-order valence-corrected chi connectivity index (χ3v) is 6.80. The van der Waals surface area contributed by atoms with E-state index in [2.05, 4.69) is 54.5 Å². The minimum Gasteiger partial charge on any atom is -0.383 e. The first kappa shape index (κ1) is 27.0. The maximum Gasteiger partial charge on any atom is 0.252 e. The Morgan fingerprint density at radius 2 is 1.75 bits per heavy atom. The molecule has 0 fully saturated rings. The van der Waals surface area contributed by atoms with Crippen LogP contribution >= 0.6 is 0 Å². The summed E-state index contributed by atoms with van der Waals surface area (Å²) in [6.45, 7) is 15.8. The smallest absolute Gasteiger partial charge is 0.252 e. The van der Waals surface area contributed by atoms with Crippen LogP contribution in [-0.4, -0.2) is 40.3 Å². The second kappa shape index (κ2) is 11.0. The van der Waals surface area contributed by atoms with Crippen molar-refractivity contribution in [3.05, 3.63) is 80.7 Å². The number of aryl methyl sites for hydroxylation is 2. The third kappa shape index (κ3) is 5.78. The van der Waals surface area contributed by atoms with Crippen LogP contribution in [0.4, 0.5) is 0 Å². The summed E-state index contributed by atoms with van der Waals surface area (Å²) in [4.78, 5) is 29.2. The summed E-state index contributed by atoms with van der Waals surface area (Å²) in [6.07, 6.45) is 1.65. The summed E-state index contributed by atoms with van der Waals surface area (Å²) in [5.74, 6) is 0.112. The standard InChI is InChI=1S/C29H38N4O3/c1-8-32(9-2)28(34)29(6,7)23-10-11-26-25(17-23)24(12-13-30-21(5)18-33(35)36)27(31-26)22-15-19(3)14-20(4)16-22/h10-11,14-18,30-31H,8-9,12-13H2,1-7H3/b21-18+. The van der Waals surface area contributed by atoms with E-state index in [-0.39, 0.29) is 5.91 Å². The number of carbonyl (C=O) groups is 1. The van der Waals surface area contributed by atoms with Gasteiger partial charge in [0, 0.05) is 36.2 Å². The SMILES string of the molecule is CCN(CC)C(=O)C(C)(C)c1ccc2[nH]c(-c3cc(C)cc(C)c3)c(CCN/C(C)=C/[N+](=O)[O-])c2c1. The summed E-state index contributed by atoms with van der Waals surface area (Å²) in [5, 5.41) is 15.0. The molecule has 0 saturated carbocycles. The number of aromatic nitrogens is 1. The molecule has 192 valence electrons. The van der Waals surface area contributed by atoms with Gasteiger partial charge >= 0.3 is 0 Å². The lowest BCUT2D eigenvalue weighted by Crippen LogP contribution is -2.43. The number of H-pyrrole nitrogens is 1. The molecule has 0 unspecified atom stereocenters. The van der Waals surface area contributed by atoms with Crippen molar-refractivity contribution >= 4 is 16.8 Å². The molecule has 0 atom stereocenters. The normalized spacial score (nSPS) is 12.1. The Morgan fingerprint density at radius 1 is 1.11 bits per heavy atom. The Labute approximate surface area is 213 Å². The molecular weight excluding hydrogens is 452 g/mol. The molecule has 36 heavy (non-hydrogen) atoms. The Balaban J connectivity index is 2.11. The molecule has 0 spiro atoms. The molecule has 7 nitrogen and oxygen atoms in total. The van der Waals surface area contributed by atoms with Crippen molar-refractivity contribution in [3.63, 3.8) is 0 Å². The molecule has 0 aliphatic heterocycles. The van der Waals surface area contributed by atoms with Crippen molar-refractivity contribution in [2.45, 2.75) is 60.3 Å². The fourth-order valence-corrected chi connectivity index (χ4v) is 4.88. The van der Waals surface area contributed by atoms with Gasteiger partial charge in [-0.2, -0.15) is 0 Å². The Bertz CT molecular complexity index is 1280. The first-order valence-electron chi connectivity index (χ1n) is 12.6. The quantitative estimate of drug-likeness (QED) is 0.275. The fraction of sp³-hybridized carbons (Fsp3) is 0.414. The molecule has 1 amide bonds. The number of fused-ring (bicyclic) bond motifs is 1. The number of nitro groups is 1. The van der Waals surface area contributed by atoms with Crippen molar-refractivity contribution in [3.8, 4) is 11.3 Å². The molecule has 3 aromatic rings. The van der Waals surface area contributed by atoms with Crippen LogP contribution in [0.15, 0.2) is 48.3 Å². The molecule has 2 N–H and O–H groups in total. The number of aromatic amines is 1. The first-order chi connectivity index (χ1) is 17.0. The average Bonchev–Trinajstić information content (AvgIpc) is 3.16. The van der Waals surface area contributed by atoms with Crippen LogP contribution in [0.2, 0.25) is 0 Å². The maximum absolute atomic E-state index is 13.3. The molecule has 7 heteroatoms. The number of hydrogen-bond donors (Lipinski definition) is 2. The number of amides is 1. The summed E-state index contributed by atoms with van der Waals surface area (Å²) >= 11 is 0. The van der Waals surface area contributed by atoms with E-state index in [1.54, 1.807) is 6.92 Å². The second-order valence-corrected chi connectivity index (χ2v) is 9.99. The van der Waals surface area contributed by atoms with Crippen LogP contribution in [-0.2, 0) is 16.6 Å². The minimum absolute atomic E-state index is 0.112. The monoisotopic (exact) mass is 490 g/mol. The van der Waals surface area contributed by atoms with Gasteiger partial charge in [-0.3, -0.25) is 14.9 Å². The van der Waals surface area contributed by atoms with E-state index in [9.17, 15) is 14.9 Å². The van der Waals surface area contributed by atoms with Gasteiger partial charge in [-0.15, -0.1) is 0 Å². The lowest BCUT2D eigenvalue weighted by atomic mass is 9.82. The number of nitrogens with zero attached hydrogens (tertiary/aromatic N) is 2. The molecule has 0 aliphatic carbocycles. The van der Waals surface area contributed by atoms with Gasteiger partial charge < -0.3 is 15.2 Å². The fourth-order valence-electron chi connectivity index (χ4n) is 4.88. The van der Waals surface area contributed by atoms with E-state index in [1.807, 2.05) is 38.7 Å². The third-order valence-electron chi connectivity index (χ3n) is 6.80. The van der Waals surface area contributed by atoms with E-state index < -0.39 is 10.3 Å². The largest absolute Gasteiger partial charge is 0.383 e.